The van der Waals surface area contributed by atoms with E-state index in [9.17, 15) is 0 Å². The molecule has 0 N–H and O–H groups in total. The first-order valence-corrected chi connectivity index (χ1v) is 17.3. The van der Waals surface area contributed by atoms with Crippen LogP contribution in [0, 0.1) is 0 Å². The van der Waals surface area contributed by atoms with Gasteiger partial charge in [-0.15, -0.1) is 11.3 Å². The third kappa shape index (κ3) is 4.77. The van der Waals surface area contributed by atoms with E-state index in [4.69, 9.17) is 24.4 Å². The quantitative estimate of drug-likeness (QED) is 0.184. The van der Waals surface area contributed by atoms with Crippen LogP contribution in [-0.2, 0) is 0 Å². The van der Waals surface area contributed by atoms with Crippen molar-refractivity contribution in [2.24, 2.45) is 0 Å². The monoisotopic (exact) mass is 658 g/mol. The maximum absolute atomic E-state index is 6.47. The molecule has 0 aliphatic heterocycles. The van der Waals surface area contributed by atoms with Crippen LogP contribution in [0.4, 0.5) is 0 Å². The second-order valence-electron chi connectivity index (χ2n) is 12.2. The molecule has 0 spiro atoms. The van der Waals surface area contributed by atoms with Crippen LogP contribution in [0.2, 0.25) is 0 Å². The fourth-order valence-electron chi connectivity index (χ4n) is 6.75. The van der Waals surface area contributed by atoms with Gasteiger partial charge in [-0.2, -0.15) is 0 Å². The van der Waals surface area contributed by atoms with Gasteiger partial charge in [0.15, 0.2) is 17.2 Å². The van der Waals surface area contributed by atoms with Crippen LogP contribution in [0.5, 0.6) is 0 Å². The minimum Gasteiger partial charge on any atom is -0.452 e. The number of fused-ring (bicyclic) bond motifs is 6. The van der Waals surface area contributed by atoms with E-state index in [1.165, 1.54) is 9.40 Å². The third-order valence-electron chi connectivity index (χ3n) is 9.12. The van der Waals surface area contributed by atoms with Gasteiger partial charge < -0.3 is 4.42 Å². The predicted molar refractivity (Wildman–Crippen MR) is 205 cm³/mol. The molecule has 0 saturated heterocycles. The molecular weight excluding hydrogens is 633 g/mol. The zero-order valence-electron chi connectivity index (χ0n) is 26.6. The van der Waals surface area contributed by atoms with Crippen molar-refractivity contribution in [3.8, 4) is 56.5 Å². The molecule has 0 aliphatic rings. The van der Waals surface area contributed by atoms with Crippen LogP contribution in [0.3, 0.4) is 0 Å². The minimum atomic E-state index is 0.665. The molecule has 6 heteroatoms. The Kier molecular flexibility index (Phi) is 6.60. The lowest BCUT2D eigenvalue weighted by atomic mass is 9.99. The second-order valence-corrected chi connectivity index (χ2v) is 13.3. The number of hydrogen-bond acceptors (Lipinski definition) is 6. The summed E-state index contributed by atoms with van der Waals surface area (Å²) >= 11 is 1.78. The summed E-state index contributed by atoms with van der Waals surface area (Å²) in [6.45, 7) is 0. The summed E-state index contributed by atoms with van der Waals surface area (Å²) in [5, 5.41) is 3.27. The van der Waals surface area contributed by atoms with E-state index < -0.39 is 0 Å². The topological polar surface area (TPSA) is 64.7 Å². The van der Waals surface area contributed by atoms with Crippen molar-refractivity contribution in [2.45, 2.75) is 0 Å². The highest BCUT2D eigenvalue weighted by Crippen LogP contribution is 2.43. The molecule has 50 heavy (non-hydrogen) atoms. The summed E-state index contributed by atoms with van der Waals surface area (Å²) in [7, 11) is 0. The fourth-order valence-corrected chi connectivity index (χ4v) is 7.86. The number of benzene rings is 6. The Balaban J connectivity index is 1.22. The van der Waals surface area contributed by atoms with Crippen LogP contribution >= 0.6 is 11.3 Å². The van der Waals surface area contributed by atoms with E-state index in [2.05, 4.69) is 72.8 Å². The molecule has 4 aromatic heterocycles. The van der Waals surface area contributed by atoms with E-state index in [1.807, 2.05) is 84.9 Å². The molecule has 0 fully saturated rings. The number of thiophene rings is 1. The summed E-state index contributed by atoms with van der Waals surface area (Å²) in [4.78, 5) is 20.4. The molecule has 0 bridgehead atoms. The van der Waals surface area contributed by atoms with Crippen LogP contribution in [-0.4, -0.2) is 19.9 Å². The molecule has 0 radical (unpaired) electrons. The van der Waals surface area contributed by atoms with Gasteiger partial charge >= 0.3 is 0 Å². The van der Waals surface area contributed by atoms with Gasteiger partial charge in [0.25, 0.3) is 0 Å². The Morgan fingerprint density at radius 2 is 1.10 bits per heavy atom. The van der Waals surface area contributed by atoms with E-state index in [1.54, 1.807) is 11.3 Å². The molecule has 0 unspecified atom stereocenters. The smallest absolute Gasteiger partial charge is 0.180 e. The van der Waals surface area contributed by atoms with Crippen molar-refractivity contribution < 1.29 is 4.42 Å². The lowest BCUT2D eigenvalue weighted by molar-refractivity contribution is 0.667. The van der Waals surface area contributed by atoms with Gasteiger partial charge in [0.1, 0.15) is 16.8 Å². The second kappa shape index (κ2) is 11.6. The van der Waals surface area contributed by atoms with Gasteiger partial charge in [0.05, 0.1) is 11.4 Å². The largest absolute Gasteiger partial charge is 0.452 e. The summed E-state index contributed by atoms with van der Waals surface area (Å²) in [6, 6.07) is 53.9. The van der Waals surface area contributed by atoms with Crippen LogP contribution in [0.1, 0.15) is 0 Å². The molecule has 234 valence electrons. The highest BCUT2D eigenvalue weighted by Gasteiger charge is 2.20. The molecule has 0 aliphatic carbocycles. The fraction of sp³-hybridized carbons (Fsp3) is 0. The Bertz CT molecular complexity index is 2810. The van der Waals surface area contributed by atoms with Gasteiger partial charge in [0, 0.05) is 53.4 Å². The van der Waals surface area contributed by atoms with E-state index in [-0.39, 0.29) is 0 Å². The van der Waals surface area contributed by atoms with Crippen molar-refractivity contribution in [1.82, 2.24) is 19.9 Å². The Morgan fingerprint density at radius 3 is 1.86 bits per heavy atom. The molecule has 10 rings (SSSR count). The van der Waals surface area contributed by atoms with E-state index >= 15 is 0 Å². The van der Waals surface area contributed by atoms with Crippen molar-refractivity contribution in [2.75, 3.05) is 0 Å². The summed E-state index contributed by atoms with van der Waals surface area (Å²) in [5.74, 6) is 1.36. The van der Waals surface area contributed by atoms with Gasteiger partial charge in [-0.25, -0.2) is 19.9 Å². The van der Waals surface area contributed by atoms with Crippen molar-refractivity contribution in [3.05, 3.63) is 158 Å². The molecule has 10 aromatic rings. The van der Waals surface area contributed by atoms with E-state index in [0.29, 0.717) is 17.2 Å². The average Bonchev–Trinajstić information content (AvgIpc) is 3.76. The number of furan rings is 1. The van der Waals surface area contributed by atoms with Crippen molar-refractivity contribution in [1.29, 1.82) is 0 Å². The number of rotatable bonds is 5. The Hall–Kier alpha value is -6.50. The summed E-state index contributed by atoms with van der Waals surface area (Å²) in [5.41, 5.74) is 9.81. The van der Waals surface area contributed by atoms with Gasteiger partial charge in [-0.3, -0.25) is 0 Å². The standard InChI is InChI=1S/C44H26N4OS/c1-4-13-27(14-5-1)34-26-35(46-43(45-34)28-15-6-2-7-16-28)31-20-12-22-38-39(31)33-25-30(23-24-37(33)50-38)40-42-41(32-19-10-11-21-36(32)49-42)48-44(47-40)29-17-8-3-9-18-29/h1-26H. The first kappa shape index (κ1) is 28.5. The predicted octanol–water partition coefficient (Wildman–Crippen LogP) is 11.9. The van der Waals surface area contributed by atoms with Gasteiger partial charge in [-0.05, 0) is 36.4 Å². The zero-order chi connectivity index (χ0) is 33.0. The normalized spacial score (nSPS) is 11.6. The Labute approximate surface area is 291 Å². The lowest BCUT2D eigenvalue weighted by Gasteiger charge is -2.11. The van der Waals surface area contributed by atoms with E-state index in [0.717, 1.165) is 72.2 Å². The molecule has 0 atom stereocenters. The van der Waals surface area contributed by atoms with Crippen LogP contribution in [0.25, 0.3) is 98.8 Å². The maximum Gasteiger partial charge on any atom is 0.180 e. The molecular formula is C44H26N4OS. The molecule has 4 heterocycles. The summed E-state index contributed by atoms with van der Waals surface area (Å²) in [6.07, 6.45) is 0. The number of nitrogens with zero attached hydrogens (tertiary/aromatic N) is 4. The zero-order valence-corrected chi connectivity index (χ0v) is 27.4. The Morgan fingerprint density at radius 1 is 0.440 bits per heavy atom. The molecule has 5 nitrogen and oxygen atoms in total. The average molecular weight is 659 g/mol. The number of aromatic nitrogens is 4. The van der Waals surface area contributed by atoms with Gasteiger partial charge in [-0.1, -0.05) is 121 Å². The highest BCUT2D eigenvalue weighted by molar-refractivity contribution is 7.26. The molecule has 0 saturated carbocycles. The number of hydrogen-bond donors (Lipinski definition) is 0. The van der Waals surface area contributed by atoms with Crippen molar-refractivity contribution in [3.63, 3.8) is 0 Å². The molecule has 0 amide bonds. The SMILES string of the molecule is c1ccc(-c2cc(-c3cccc4sc5ccc(-c6nc(-c7ccccc7)nc7c6oc6ccccc67)cc5c34)nc(-c3ccccc3)n2)cc1. The summed E-state index contributed by atoms with van der Waals surface area (Å²) < 4.78 is 8.86. The highest BCUT2D eigenvalue weighted by atomic mass is 32.1. The number of para-hydroxylation sites is 1. The first-order chi connectivity index (χ1) is 24.8. The van der Waals surface area contributed by atoms with Crippen molar-refractivity contribution >= 4 is 53.6 Å². The van der Waals surface area contributed by atoms with Gasteiger partial charge in [0.2, 0.25) is 0 Å². The van der Waals surface area contributed by atoms with Crippen LogP contribution < -0.4 is 0 Å². The van der Waals surface area contributed by atoms with Crippen LogP contribution in [0.15, 0.2) is 162 Å². The lowest BCUT2D eigenvalue weighted by Crippen LogP contribution is -1.96. The molecule has 6 aromatic carbocycles. The first-order valence-electron chi connectivity index (χ1n) is 16.5. The maximum atomic E-state index is 6.47. The minimum absolute atomic E-state index is 0.665. The third-order valence-corrected chi connectivity index (χ3v) is 10.3.